The van der Waals surface area contributed by atoms with Crippen molar-refractivity contribution in [1.82, 2.24) is 5.32 Å². The lowest BCUT2D eigenvalue weighted by molar-refractivity contribution is 0.248. The molecule has 13 heavy (non-hydrogen) atoms. The monoisotopic (exact) mass is 311 g/mol. The maximum atomic E-state index is 8.76. The maximum Gasteiger partial charge on any atom is 0.183 e. The van der Waals surface area contributed by atoms with Crippen molar-refractivity contribution in [3.05, 3.63) is 21.0 Å². The van der Waals surface area contributed by atoms with E-state index in [-0.39, 0.29) is 12.6 Å². The fourth-order valence-corrected chi connectivity index (χ4v) is 1.48. The molecule has 5 heteroatoms. The van der Waals surface area contributed by atoms with Crippen LogP contribution in [0.3, 0.4) is 0 Å². The zero-order valence-electron chi connectivity index (χ0n) is 7.18. The minimum atomic E-state index is 0.0858. The molecule has 0 bridgehead atoms. The first kappa shape index (κ1) is 11.2. The van der Waals surface area contributed by atoms with Crippen molar-refractivity contribution in [3.8, 4) is 0 Å². The van der Waals surface area contributed by atoms with Crippen molar-refractivity contribution in [2.75, 3.05) is 6.61 Å². The van der Waals surface area contributed by atoms with Crippen LogP contribution in [-0.2, 0) is 6.54 Å². The van der Waals surface area contributed by atoms with E-state index in [0.717, 1.165) is 10.2 Å². The first-order valence-electron chi connectivity index (χ1n) is 3.91. The predicted octanol–water partition coefficient (Wildman–Crippen LogP) is 2.28. The molecule has 0 aromatic carbocycles. The Hall–Kier alpha value is 0.160. The van der Waals surface area contributed by atoms with Crippen molar-refractivity contribution in [1.29, 1.82) is 0 Å². The standard InChI is InChI=1S/C8H11Br2NO2/c1-5(4-12)11-3-6-2-7(9)8(10)13-6/h2,5,11-12H,3-4H2,1H3/t5-/m1/s1. The predicted molar refractivity (Wildman–Crippen MR) is 57.5 cm³/mol. The minimum absolute atomic E-state index is 0.0858. The fourth-order valence-electron chi connectivity index (χ4n) is 0.818. The molecule has 1 aromatic rings. The van der Waals surface area contributed by atoms with Gasteiger partial charge in [-0.15, -0.1) is 0 Å². The Labute approximate surface area is 93.8 Å². The van der Waals surface area contributed by atoms with Crippen LogP contribution in [0.2, 0.25) is 0 Å². The molecule has 0 spiro atoms. The topological polar surface area (TPSA) is 45.4 Å². The van der Waals surface area contributed by atoms with Crippen LogP contribution in [0.25, 0.3) is 0 Å². The summed E-state index contributed by atoms with van der Waals surface area (Å²) < 4.78 is 6.93. The molecule has 0 unspecified atom stereocenters. The van der Waals surface area contributed by atoms with Crippen molar-refractivity contribution >= 4 is 31.9 Å². The third kappa shape index (κ3) is 3.42. The van der Waals surface area contributed by atoms with Gasteiger partial charge in [-0.05, 0) is 44.8 Å². The first-order chi connectivity index (χ1) is 6.13. The molecule has 3 nitrogen and oxygen atoms in total. The molecular weight excluding hydrogens is 302 g/mol. The summed E-state index contributed by atoms with van der Waals surface area (Å²) in [6, 6.07) is 1.98. The van der Waals surface area contributed by atoms with E-state index in [1.54, 1.807) is 0 Å². The molecule has 0 aliphatic rings. The molecular formula is C8H11Br2NO2. The largest absolute Gasteiger partial charge is 0.452 e. The zero-order valence-corrected chi connectivity index (χ0v) is 10.4. The van der Waals surface area contributed by atoms with Gasteiger partial charge in [0.15, 0.2) is 4.67 Å². The van der Waals surface area contributed by atoms with Crippen molar-refractivity contribution in [2.45, 2.75) is 19.5 Å². The lowest BCUT2D eigenvalue weighted by atomic mass is 10.3. The molecule has 1 heterocycles. The highest BCUT2D eigenvalue weighted by Crippen LogP contribution is 2.26. The van der Waals surface area contributed by atoms with Gasteiger partial charge in [-0.1, -0.05) is 0 Å². The van der Waals surface area contributed by atoms with Gasteiger partial charge in [-0.25, -0.2) is 0 Å². The third-order valence-electron chi connectivity index (χ3n) is 1.59. The van der Waals surface area contributed by atoms with Gasteiger partial charge in [0.25, 0.3) is 0 Å². The average molecular weight is 313 g/mol. The van der Waals surface area contributed by atoms with Crippen molar-refractivity contribution in [3.63, 3.8) is 0 Å². The Balaban J connectivity index is 2.45. The molecule has 1 rings (SSSR count). The number of hydrogen-bond donors (Lipinski definition) is 2. The molecule has 0 fully saturated rings. The molecule has 2 N–H and O–H groups in total. The van der Waals surface area contributed by atoms with E-state index in [9.17, 15) is 0 Å². The summed E-state index contributed by atoms with van der Waals surface area (Å²) >= 11 is 6.57. The van der Waals surface area contributed by atoms with Crippen LogP contribution in [-0.4, -0.2) is 17.8 Å². The molecule has 0 amide bonds. The quantitative estimate of drug-likeness (QED) is 0.896. The Morgan fingerprint density at radius 1 is 1.62 bits per heavy atom. The Bertz CT molecular complexity index is 256. The summed E-state index contributed by atoms with van der Waals surface area (Å²) in [6.07, 6.45) is 0. The van der Waals surface area contributed by atoms with E-state index < -0.39 is 0 Å². The third-order valence-corrected chi connectivity index (χ3v) is 3.30. The van der Waals surface area contributed by atoms with Crippen molar-refractivity contribution < 1.29 is 9.52 Å². The average Bonchev–Trinajstić information content (AvgIpc) is 2.42. The summed E-state index contributed by atoms with van der Waals surface area (Å²) in [5.41, 5.74) is 0. The molecule has 0 aliphatic heterocycles. The van der Waals surface area contributed by atoms with Crippen molar-refractivity contribution in [2.24, 2.45) is 0 Å². The van der Waals surface area contributed by atoms with Gasteiger partial charge >= 0.3 is 0 Å². The summed E-state index contributed by atoms with van der Waals surface area (Å²) in [6.45, 7) is 2.65. The van der Waals surface area contributed by atoms with Crippen LogP contribution in [0, 0.1) is 0 Å². The maximum absolute atomic E-state index is 8.76. The van der Waals surface area contributed by atoms with E-state index in [4.69, 9.17) is 9.52 Å². The first-order valence-corrected chi connectivity index (χ1v) is 5.50. The number of nitrogens with one attached hydrogen (secondary N) is 1. The van der Waals surface area contributed by atoms with E-state index in [1.807, 2.05) is 13.0 Å². The lowest BCUT2D eigenvalue weighted by Crippen LogP contribution is -2.28. The molecule has 74 valence electrons. The van der Waals surface area contributed by atoms with Gasteiger partial charge in [0.1, 0.15) is 5.76 Å². The highest BCUT2D eigenvalue weighted by Gasteiger charge is 2.06. The minimum Gasteiger partial charge on any atom is -0.452 e. The van der Waals surface area contributed by atoms with Gasteiger partial charge in [0.05, 0.1) is 17.6 Å². The second-order valence-corrected chi connectivity index (χ2v) is 4.37. The van der Waals surface area contributed by atoms with Crippen LogP contribution >= 0.6 is 31.9 Å². The molecule has 1 aromatic heterocycles. The van der Waals surface area contributed by atoms with E-state index >= 15 is 0 Å². The zero-order chi connectivity index (χ0) is 9.84. The Morgan fingerprint density at radius 2 is 2.31 bits per heavy atom. The number of rotatable bonds is 4. The molecule has 0 aliphatic carbocycles. The highest BCUT2D eigenvalue weighted by atomic mass is 79.9. The van der Waals surface area contributed by atoms with Gasteiger partial charge in [0.2, 0.25) is 0 Å². The number of aliphatic hydroxyl groups is 1. The van der Waals surface area contributed by atoms with Crippen LogP contribution in [0.4, 0.5) is 0 Å². The molecule has 1 atom stereocenters. The lowest BCUT2D eigenvalue weighted by Gasteiger charge is -2.07. The Kier molecular flexibility index (Phi) is 4.45. The van der Waals surface area contributed by atoms with Crippen LogP contribution in [0.15, 0.2) is 19.6 Å². The number of aliphatic hydroxyl groups excluding tert-OH is 1. The van der Waals surface area contributed by atoms with E-state index in [2.05, 4.69) is 37.2 Å². The molecule has 0 radical (unpaired) electrons. The summed E-state index contributed by atoms with van der Waals surface area (Å²) in [5, 5.41) is 11.9. The van der Waals surface area contributed by atoms with Gasteiger partial charge in [-0.2, -0.15) is 0 Å². The van der Waals surface area contributed by atoms with Crippen LogP contribution in [0.5, 0.6) is 0 Å². The smallest absolute Gasteiger partial charge is 0.183 e. The van der Waals surface area contributed by atoms with Gasteiger partial charge in [-0.3, -0.25) is 0 Å². The fraction of sp³-hybridized carbons (Fsp3) is 0.500. The molecule has 0 saturated heterocycles. The molecule has 0 saturated carbocycles. The SMILES string of the molecule is C[C@H](CO)NCc1cc(Br)c(Br)o1. The summed E-state index contributed by atoms with van der Waals surface area (Å²) in [5.74, 6) is 0.832. The summed E-state index contributed by atoms with van der Waals surface area (Å²) in [7, 11) is 0. The summed E-state index contributed by atoms with van der Waals surface area (Å²) in [4.78, 5) is 0. The van der Waals surface area contributed by atoms with Crippen LogP contribution in [0.1, 0.15) is 12.7 Å². The van der Waals surface area contributed by atoms with Gasteiger partial charge in [0, 0.05) is 6.04 Å². The number of hydrogen-bond acceptors (Lipinski definition) is 3. The van der Waals surface area contributed by atoms with E-state index in [1.165, 1.54) is 0 Å². The second kappa shape index (κ2) is 5.14. The normalized spacial score (nSPS) is 13.2. The number of halogens is 2. The van der Waals surface area contributed by atoms with Gasteiger partial charge < -0.3 is 14.8 Å². The second-order valence-electron chi connectivity index (χ2n) is 2.80. The highest BCUT2D eigenvalue weighted by molar-refractivity contribution is 9.13. The van der Waals surface area contributed by atoms with Crippen LogP contribution < -0.4 is 5.32 Å². The van der Waals surface area contributed by atoms with E-state index in [0.29, 0.717) is 11.2 Å². The Morgan fingerprint density at radius 3 is 2.77 bits per heavy atom. The number of furan rings is 1.